The molecule has 19 heavy (non-hydrogen) atoms. The maximum absolute atomic E-state index is 4.49. The first-order valence-corrected chi connectivity index (χ1v) is 7.84. The first-order chi connectivity index (χ1) is 9.19. The zero-order valence-corrected chi connectivity index (χ0v) is 14.1. The van der Waals surface area contributed by atoms with Gasteiger partial charge in [0.05, 0.1) is 0 Å². The maximum atomic E-state index is 4.49. The molecule has 0 unspecified atom stereocenters. The second-order valence-electron chi connectivity index (χ2n) is 4.46. The molecule has 0 bridgehead atoms. The summed E-state index contributed by atoms with van der Waals surface area (Å²) in [7, 11) is 2.14. The van der Waals surface area contributed by atoms with Gasteiger partial charge < -0.3 is 0 Å². The molecule has 0 saturated carbocycles. The molecule has 0 atom stereocenters. The fourth-order valence-electron chi connectivity index (χ4n) is 1.90. The van der Waals surface area contributed by atoms with Crippen molar-refractivity contribution < 1.29 is 19.4 Å². The second kappa shape index (κ2) is 6.87. The molecule has 0 aliphatic carbocycles. The van der Waals surface area contributed by atoms with Crippen molar-refractivity contribution in [1.82, 2.24) is 14.9 Å². The van der Waals surface area contributed by atoms with Crippen molar-refractivity contribution in [3.05, 3.63) is 17.1 Å². The van der Waals surface area contributed by atoms with E-state index in [-0.39, 0.29) is 0 Å². The fraction of sp³-hybridized carbons (Fsp3) is 0.500. The van der Waals surface area contributed by atoms with Gasteiger partial charge in [-0.25, -0.2) is 0 Å². The van der Waals surface area contributed by atoms with Crippen molar-refractivity contribution in [3.8, 4) is 0 Å². The summed E-state index contributed by atoms with van der Waals surface area (Å²) in [6, 6.07) is 2.01. The van der Waals surface area contributed by atoms with Crippen LogP contribution in [0.5, 0.6) is 0 Å². The third kappa shape index (κ3) is 4.18. The molecule has 1 aliphatic rings. The Kier molecular flexibility index (Phi) is 5.16. The Morgan fingerprint density at radius 1 is 1.32 bits per heavy atom. The molecule has 102 valence electrons. The van der Waals surface area contributed by atoms with Crippen LogP contribution >= 0.6 is 0 Å². The van der Waals surface area contributed by atoms with E-state index in [1.54, 1.807) is 4.52 Å². The van der Waals surface area contributed by atoms with Crippen LogP contribution in [0.2, 0.25) is 0 Å². The summed E-state index contributed by atoms with van der Waals surface area (Å²) in [5, 5.41) is 4.16. The third-order valence-electron chi connectivity index (χ3n) is 2.96. The van der Waals surface area contributed by atoms with Crippen molar-refractivity contribution in [3.63, 3.8) is 0 Å². The van der Waals surface area contributed by atoms with Crippen LogP contribution in [0.25, 0.3) is 5.32 Å². The van der Waals surface area contributed by atoms with Crippen molar-refractivity contribution in [2.75, 3.05) is 38.1 Å². The van der Waals surface area contributed by atoms with Crippen LogP contribution in [-0.2, 0) is 19.4 Å². The Hall–Kier alpha value is -1.13. The van der Waals surface area contributed by atoms with Crippen LogP contribution in [0.1, 0.15) is 5.69 Å². The Balaban J connectivity index is 2.11. The fourth-order valence-corrected chi connectivity index (χ4v) is 2.10. The van der Waals surface area contributed by atoms with Gasteiger partial charge in [-0.05, 0) is 0 Å². The second-order valence-corrected chi connectivity index (χ2v) is 5.21. The molecule has 2 heterocycles. The van der Waals surface area contributed by atoms with E-state index >= 15 is 0 Å². The van der Waals surface area contributed by atoms with E-state index in [0.29, 0.717) is 5.95 Å². The van der Waals surface area contributed by atoms with Gasteiger partial charge in [-0.2, -0.15) is 0 Å². The number of aryl methyl sites for hydroxylation is 1. The summed E-state index contributed by atoms with van der Waals surface area (Å²) < 4.78 is 1.76. The predicted octanol–water partition coefficient (Wildman–Crippen LogP) is 0.877. The summed E-state index contributed by atoms with van der Waals surface area (Å²) in [6.07, 6.45) is 1.50. The molecule has 0 amide bonds. The van der Waals surface area contributed by atoms with E-state index in [9.17, 15) is 0 Å². The van der Waals surface area contributed by atoms with E-state index < -0.39 is 0 Å². The predicted molar refractivity (Wildman–Crippen MR) is 74.1 cm³/mol. The Bertz CT molecular complexity index is 467. The number of rotatable bonds is 4. The molecular formula is C12H17N6W-. The summed E-state index contributed by atoms with van der Waals surface area (Å²) in [6.45, 7) is 6.07. The molecule has 6 nitrogen and oxygen atoms in total. The van der Waals surface area contributed by atoms with Crippen LogP contribution in [-0.4, -0.2) is 59.0 Å². The summed E-state index contributed by atoms with van der Waals surface area (Å²) in [5.41, 5.74) is 0.933. The molecule has 1 aromatic rings. The van der Waals surface area contributed by atoms with Gasteiger partial charge >= 0.3 is 124 Å². The van der Waals surface area contributed by atoms with Gasteiger partial charge in [-0.1, -0.05) is 0 Å². The average Bonchev–Trinajstić information content (AvgIpc) is 2.39. The van der Waals surface area contributed by atoms with Gasteiger partial charge in [0, 0.05) is 0 Å². The summed E-state index contributed by atoms with van der Waals surface area (Å²) in [5.74, 6) is 1.44. The summed E-state index contributed by atoms with van der Waals surface area (Å²) >= 11 is 1.30. The number of hydrogen-bond acceptors (Lipinski definition) is 5. The number of anilines is 1. The first-order valence-electron chi connectivity index (χ1n) is 6.14. The van der Waals surface area contributed by atoms with Gasteiger partial charge in [0.15, 0.2) is 0 Å². The zero-order valence-electron chi connectivity index (χ0n) is 11.2. The molecular weight excluding hydrogens is 412 g/mol. The minimum atomic E-state index is 0.481. The first kappa shape index (κ1) is 14.3. The van der Waals surface area contributed by atoms with Crippen molar-refractivity contribution in [2.45, 2.75) is 6.92 Å². The van der Waals surface area contributed by atoms with Crippen LogP contribution in [0.15, 0.2) is 11.1 Å². The van der Waals surface area contributed by atoms with Gasteiger partial charge in [-0.3, -0.25) is 0 Å². The molecule has 0 aromatic carbocycles. The number of likely N-dealkylation sites (N-methyl/N-ethyl adjacent to an activating group) is 1. The molecule has 1 aliphatic heterocycles. The van der Waals surface area contributed by atoms with Gasteiger partial charge in [0.2, 0.25) is 0 Å². The van der Waals surface area contributed by atoms with E-state index in [1.807, 2.05) is 13.0 Å². The van der Waals surface area contributed by atoms with Crippen molar-refractivity contribution in [2.24, 2.45) is 4.99 Å². The number of aromatic nitrogens is 2. The zero-order chi connectivity index (χ0) is 13.7. The minimum absolute atomic E-state index is 0.481. The molecule has 7 heteroatoms. The van der Waals surface area contributed by atoms with Crippen LogP contribution in [0.4, 0.5) is 11.8 Å². The molecule has 1 fully saturated rings. The van der Waals surface area contributed by atoms with Gasteiger partial charge in [-0.15, -0.1) is 0 Å². The van der Waals surface area contributed by atoms with E-state index in [1.165, 1.54) is 25.7 Å². The third-order valence-corrected chi connectivity index (χ3v) is 3.39. The van der Waals surface area contributed by atoms with Crippen LogP contribution < -0.4 is 4.90 Å². The summed E-state index contributed by atoms with van der Waals surface area (Å²) in [4.78, 5) is 17.4. The van der Waals surface area contributed by atoms with E-state index in [2.05, 4.69) is 37.1 Å². The molecule has 0 radical (unpaired) electrons. The van der Waals surface area contributed by atoms with E-state index in [4.69, 9.17) is 0 Å². The number of hydrogen-bond donors (Lipinski definition) is 0. The Labute approximate surface area is 124 Å². The van der Waals surface area contributed by atoms with E-state index in [0.717, 1.165) is 37.7 Å². The number of aliphatic imine (C=N–C) groups is 1. The standard InChI is InChI=1S/C12H17N6.W/c1-10-8-11(16-12(15-10)14-9-13-2)18-6-4-17(3)5-7-18;/h2,8-9H,4-7H2,1,3H3;/q-1;. The number of nitrogens with zero attached hydrogens (tertiary/aromatic N) is 6. The molecule has 1 aromatic heterocycles. The topological polar surface area (TPSA) is 58.7 Å². The van der Waals surface area contributed by atoms with Gasteiger partial charge in [0.25, 0.3) is 0 Å². The molecule has 1 saturated heterocycles. The van der Waals surface area contributed by atoms with Crippen molar-refractivity contribution >= 4 is 22.6 Å². The van der Waals surface area contributed by atoms with Crippen LogP contribution in [0.3, 0.4) is 0 Å². The molecule has 0 N–H and O–H groups in total. The van der Waals surface area contributed by atoms with Crippen LogP contribution in [0, 0.1) is 6.92 Å². The Morgan fingerprint density at radius 3 is 2.74 bits per heavy atom. The Morgan fingerprint density at radius 2 is 2.05 bits per heavy atom. The quantitative estimate of drug-likeness (QED) is 0.527. The SMILES string of the molecule is Cc1cc(N2CCN(C)CC2)nc([N-]C=N[CH]=[W])n1. The molecule has 2 rings (SSSR count). The average molecular weight is 429 g/mol. The number of piperazine rings is 1. The van der Waals surface area contributed by atoms with Gasteiger partial charge in [0.1, 0.15) is 0 Å². The monoisotopic (exact) mass is 429 g/mol. The normalized spacial score (nSPS) is 16.8. The van der Waals surface area contributed by atoms with Crippen molar-refractivity contribution in [1.29, 1.82) is 0 Å². The molecule has 0 spiro atoms.